The molecule has 1 aliphatic heterocycles. The Morgan fingerprint density at radius 1 is 1.08 bits per heavy atom. The SMILES string of the molecule is O=C1C2CC=CCC2C(=O)N1CC(O)COCCOc1ccc(Cl)cc1. The monoisotopic (exact) mass is 379 g/mol. The first kappa shape index (κ1) is 18.9. The van der Waals surface area contributed by atoms with Crippen LogP contribution in [-0.2, 0) is 14.3 Å². The number of hydrogen-bond donors (Lipinski definition) is 1. The van der Waals surface area contributed by atoms with Crippen LogP contribution in [0.4, 0.5) is 0 Å². The van der Waals surface area contributed by atoms with E-state index in [1.807, 2.05) is 12.2 Å². The smallest absolute Gasteiger partial charge is 0.233 e. The highest BCUT2D eigenvalue weighted by molar-refractivity contribution is 6.30. The summed E-state index contributed by atoms with van der Waals surface area (Å²) >= 11 is 5.80. The van der Waals surface area contributed by atoms with E-state index in [4.69, 9.17) is 21.1 Å². The maximum Gasteiger partial charge on any atom is 0.233 e. The molecular formula is C19H22ClNO5. The average Bonchev–Trinajstić information content (AvgIpc) is 2.88. The Hall–Kier alpha value is -1.89. The van der Waals surface area contributed by atoms with Gasteiger partial charge in [0, 0.05) is 5.02 Å². The van der Waals surface area contributed by atoms with Crippen LogP contribution < -0.4 is 4.74 Å². The summed E-state index contributed by atoms with van der Waals surface area (Å²) in [5, 5.41) is 10.7. The van der Waals surface area contributed by atoms with Crippen molar-refractivity contribution in [2.75, 3.05) is 26.4 Å². The lowest BCUT2D eigenvalue weighted by Gasteiger charge is -2.19. The van der Waals surface area contributed by atoms with Crippen LogP contribution in [0.2, 0.25) is 5.02 Å². The summed E-state index contributed by atoms with van der Waals surface area (Å²) in [4.78, 5) is 25.8. The van der Waals surface area contributed by atoms with Crippen LogP contribution in [0.3, 0.4) is 0 Å². The van der Waals surface area contributed by atoms with Crippen molar-refractivity contribution in [1.29, 1.82) is 0 Å². The summed E-state index contributed by atoms with van der Waals surface area (Å²) in [6.45, 7) is 0.625. The summed E-state index contributed by atoms with van der Waals surface area (Å²) in [5.41, 5.74) is 0. The zero-order chi connectivity index (χ0) is 18.5. The number of rotatable bonds is 8. The summed E-state index contributed by atoms with van der Waals surface area (Å²) < 4.78 is 10.9. The normalized spacial score (nSPS) is 23.2. The van der Waals surface area contributed by atoms with E-state index >= 15 is 0 Å². The highest BCUT2D eigenvalue weighted by Crippen LogP contribution is 2.35. The minimum Gasteiger partial charge on any atom is -0.491 e. The van der Waals surface area contributed by atoms with Crippen molar-refractivity contribution in [1.82, 2.24) is 4.90 Å². The van der Waals surface area contributed by atoms with Gasteiger partial charge in [-0.2, -0.15) is 0 Å². The molecule has 1 aromatic rings. The van der Waals surface area contributed by atoms with E-state index in [0.29, 0.717) is 30.2 Å². The van der Waals surface area contributed by atoms with E-state index < -0.39 is 6.10 Å². The molecule has 1 N–H and O–H groups in total. The number of ether oxygens (including phenoxy) is 2. The number of β-amino-alcohol motifs (C(OH)–C–C–N with tert-alkyl or cyclic N) is 1. The molecule has 0 spiro atoms. The number of hydrogen-bond acceptors (Lipinski definition) is 5. The van der Waals surface area contributed by atoms with E-state index in [-0.39, 0.29) is 43.4 Å². The van der Waals surface area contributed by atoms with E-state index in [1.54, 1.807) is 24.3 Å². The molecule has 1 heterocycles. The van der Waals surface area contributed by atoms with Gasteiger partial charge in [-0.1, -0.05) is 23.8 Å². The van der Waals surface area contributed by atoms with E-state index in [1.165, 1.54) is 4.90 Å². The lowest BCUT2D eigenvalue weighted by molar-refractivity contribution is -0.142. The van der Waals surface area contributed by atoms with Crippen LogP contribution >= 0.6 is 11.6 Å². The van der Waals surface area contributed by atoms with Crippen LogP contribution in [0.15, 0.2) is 36.4 Å². The van der Waals surface area contributed by atoms with E-state index in [2.05, 4.69) is 0 Å². The molecule has 1 aliphatic carbocycles. The lowest BCUT2D eigenvalue weighted by Crippen LogP contribution is -2.39. The van der Waals surface area contributed by atoms with Gasteiger partial charge in [0.05, 0.1) is 37.7 Å². The number of allylic oxidation sites excluding steroid dienone is 2. The van der Waals surface area contributed by atoms with Crippen molar-refractivity contribution in [2.24, 2.45) is 11.8 Å². The third kappa shape index (κ3) is 4.44. The minimum atomic E-state index is -0.911. The standard InChI is InChI=1S/C19H22ClNO5/c20-13-5-7-15(8-6-13)26-10-9-25-12-14(22)11-21-18(23)16-3-1-2-4-17(16)19(21)24/h1-2,5-8,14,16-17,22H,3-4,9-12H2. The average molecular weight is 380 g/mol. The van der Waals surface area contributed by atoms with Crippen molar-refractivity contribution >= 4 is 23.4 Å². The second kappa shape index (κ2) is 8.66. The molecule has 0 aromatic heterocycles. The fourth-order valence-corrected chi connectivity index (χ4v) is 3.41. The number of imide groups is 1. The first-order valence-corrected chi connectivity index (χ1v) is 9.08. The highest BCUT2D eigenvalue weighted by Gasteiger charge is 2.47. The molecule has 2 aliphatic rings. The summed E-state index contributed by atoms with van der Waals surface area (Å²) in [5.74, 6) is -0.228. The molecule has 26 heavy (non-hydrogen) atoms. The molecule has 1 aromatic carbocycles. The van der Waals surface area contributed by atoms with Gasteiger partial charge in [-0.05, 0) is 37.1 Å². The van der Waals surface area contributed by atoms with Crippen molar-refractivity contribution < 1.29 is 24.2 Å². The summed E-state index contributed by atoms with van der Waals surface area (Å²) in [7, 11) is 0. The number of carbonyl (C=O) groups is 2. The molecule has 3 unspecified atom stereocenters. The van der Waals surface area contributed by atoms with Gasteiger partial charge < -0.3 is 14.6 Å². The van der Waals surface area contributed by atoms with Crippen LogP contribution in [0, 0.1) is 11.8 Å². The van der Waals surface area contributed by atoms with Gasteiger partial charge in [-0.3, -0.25) is 14.5 Å². The molecule has 6 nitrogen and oxygen atoms in total. The minimum absolute atomic E-state index is 0.0251. The molecule has 2 amide bonds. The first-order valence-electron chi connectivity index (χ1n) is 8.70. The molecule has 1 saturated heterocycles. The van der Waals surface area contributed by atoms with Gasteiger partial charge in [0.2, 0.25) is 11.8 Å². The second-order valence-electron chi connectivity index (χ2n) is 6.47. The third-order valence-electron chi connectivity index (χ3n) is 4.61. The van der Waals surface area contributed by atoms with Gasteiger partial charge in [-0.15, -0.1) is 0 Å². The van der Waals surface area contributed by atoms with Gasteiger partial charge in [0.25, 0.3) is 0 Å². The first-order chi connectivity index (χ1) is 12.6. The van der Waals surface area contributed by atoms with Gasteiger partial charge >= 0.3 is 0 Å². The van der Waals surface area contributed by atoms with E-state index in [9.17, 15) is 14.7 Å². The number of halogens is 1. The van der Waals surface area contributed by atoms with Gasteiger partial charge in [-0.25, -0.2) is 0 Å². The number of aliphatic hydroxyl groups excluding tert-OH is 1. The van der Waals surface area contributed by atoms with Crippen molar-refractivity contribution in [3.05, 3.63) is 41.4 Å². The highest BCUT2D eigenvalue weighted by atomic mass is 35.5. The van der Waals surface area contributed by atoms with Crippen LogP contribution in [0.25, 0.3) is 0 Å². The van der Waals surface area contributed by atoms with Crippen LogP contribution in [-0.4, -0.2) is 54.3 Å². The Kier molecular flexibility index (Phi) is 6.29. The number of amides is 2. The molecule has 3 atom stereocenters. The molecule has 0 radical (unpaired) electrons. The number of aliphatic hydroxyl groups is 1. The molecule has 7 heteroatoms. The number of benzene rings is 1. The topological polar surface area (TPSA) is 76.1 Å². The maximum absolute atomic E-state index is 12.3. The molecule has 1 fully saturated rings. The molecular weight excluding hydrogens is 358 g/mol. The Labute approximate surface area is 157 Å². The molecule has 3 rings (SSSR count). The van der Waals surface area contributed by atoms with Crippen molar-refractivity contribution in [3.63, 3.8) is 0 Å². The lowest BCUT2D eigenvalue weighted by atomic mass is 9.85. The van der Waals surface area contributed by atoms with Gasteiger partial charge in [0.1, 0.15) is 12.4 Å². The summed E-state index contributed by atoms with van der Waals surface area (Å²) in [6, 6.07) is 6.99. The Balaban J connectivity index is 1.36. The predicted molar refractivity (Wildman–Crippen MR) is 95.8 cm³/mol. The van der Waals surface area contributed by atoms with Crippen LogP contribution in [0.1, 0.15) is 12.8 Å². The Bertz CT molecular complexity index is 649. The Morgan fingerprint density at radius 3 is 2.31 bits per heavy atom. The fourth-order valence-electron chi connectivity index (χ4n) is 3.28. The van der Waals surface area contributed by atoms with Gasteiger partial charge in [0.15, 0.2) is 0 Å². The predicted octanol–water partition coefficient (Wildman–Crippen LogP) is 2.05. The quantitative estimate of drug-likeness (QED) is 0.425. The number of fused-ring (bicyclic) bond motifs is 1. The number of nitrogens with zero attached hydrogens (tertiary/aromatic N) is 1. The van der Waals surface area contributed by atoms with Crippen molar-refractivity contribution in [2.45, 2.75) is 18.9 Å². The largest absolute Gasteiger partial charge is 0.491 e. The number of carbonyl (C=O) groups excluding carboxylic acids is 2. The fraction of sp³-hybridized carbons (Fsp3) is 0.474. The third-order valence-corrected chi connectivity index (χ3v) is 4.86. The molecule has 140 valence electrons. The number of likely N-dealkylation sites (tertiary alicyclic amines) is 1. The van der Waals surface area contributed by atoms with Crippen LogP contribution in [0.5, 0.6) is 5.75 Å². The summed E-state index contributed by atoms with van der Waals surface area (Å²) in [6.07, 6.45) is 4.17. The zero-order valence-electron chi connectivity index (χ0n) is 14.3. The Morgan fingerprint density at radius 2 is 1.69 bits per heavy atom. The second-order valence-corrected chi connectivity index (χ2v) is 6.91. The zero-order valence-corrected chi connectivity index (χ0v) is 15.1. The van der Waals surface area contributed by atoms with Crippen molar-refractivity contribution in [3.8, 4) is 5.75 Å². The maximum atomic E-state index is 12.3. The molecule has 0 saturated carbocycles. The van der Waals surface area contributed by atoms with E-state index in [0.717, 1.165) is 0 Å². The molecule has 0 bridgehead atoms.